The molecule has 0 bridgehead atoms. The predicted octanol–water partition coefficient (Wildman–Crippen LogP) is 5.09. The van der Waals surface area contributed by atoms with Gasteiger partial charge in [-0.05, 0) is 54.7 Å². The third-order valence-electron chi connectivity index (χ3n) is 4.43. The summed E-state index contributed by atoms with van der Waals surface area (Å²) in [5.41, 5.74) is 3.32. The minimum Gasteiger partial charge on any atom is -0.463 e. The second-order valence-electron chi connectivity index (χ2n) is 7.33. The van der Waals surface area contributed by atoms with E-state index >= 15 is 0 Å². The van der Waals surface area contributed by atoms with Crippen LogP contribution in [0.5, 0.6) is 0 Å². The molecular weight excluding hydrogens is 304 g/mol. The molecule has 0 aliphatic heterocycles. The molecule has 4 heteroatoms. The van der Waals surface area contributed by atoms with Crippen molar-refractivity contribution in [3.05, 3.63) is 41.0 Å². The van der Waals surface area contributed by atoms with Crippen molar-refractivity contribution >= 4 is 20.4 Å². The molecule has 0 aliphatic rings. The van der Waals surface area contributed by atoms with Gasteiger partial charge >= 0.3 is 5.97 Å². The van der Waals surface area contributed by atoms with E-state index in [4.69, 9.17) is 9.16 Å². The molecule has 1 aromatic rings. The van der Waals surface area contributed by atoms with Gasteiger partial charge in [-0.3, -0.25) is 0 Å². The number of esters is 1. The van der Waals surface area contributed by atoms with Gasteiger partial charge in [0.2, 0.25) is 0 Å². The van der Waals surface area contributed by atoms with Crippen molar-refractivity contribution in [3.8, 4) is 0 Å². The molecule has 0 radical (unpaired) electrons. The summed E-state index contributed by atoms with van der Waals surface area (Å²) < 4.78 is 11.1. The van der Waals surface area contributed by atoms with Crippen molar-refractivity contribution in [1.29, 1.82) is 0 Å². The number of hydrogen-bond acceptors (Lipinski definition) is 3. The smallest absolute Gasteiger partial charge is 0.330 e. The van der Waals surface area contributed by atoms with Crippen LogP contribution in [0.4, 0.5) is 0 Å². The second-order valence-corrected chi connectivity index (χ2v) is 12.1. The van der Waals surface area contributed by atoms with Crippen LogP contribution in [0.1, 0.15) is 44.4 Å². The predicted molar refractivity (Wildman–Crippen MR) is 98.8 cm³/mol. The minimum absolute atomic E-state index is 0.213. The fourth-order valence-electron chi connectivity index (χ4n) is 1.84. The molecule has 0 atom stereocenters. The summed E-state index contributed by atoms with van der Waals surface area (Å²) >= 11 is 0. The van der Waals surface area contributed by atoms with E-state index in [-0.39, 0.29) is 11.0 Å². The zero-order chi connectivity index (χ0) is 17.7. The quantitative estimate of drug-likeness (QED) is 0.413. The zero-order valence-corrected chi connectivity index (χ0v) is 16.5. The Kier molecular flexibility index (Phi) is 6.78. The molecule has 3 nitrogen and oxygen atoms in total. The monoisotopic (exact) mass is 334 g/mol. The molecule has 23 heavy (non-hydrogen) atoms. The average molecular weight is 335 g/mol. The molecule has 0 saturated carbocycles. The lowest BCUT2D eigenvalue weighted by atomic mass is 10.1. The van der Waals surface area contributed by atoms with Gasteiger partial charge in [-0.25, -0.2) is 4.79 Å². The number of aryl methyl sites for hydroxylation is 1. The van der Waals surface area contributed by atoms with Gasteiger partial charge in [-0.1, -0.05) is 39.0 Å². The summed E-state index contributed by atoms with van der Waals surface area (Å²) in [5.74, 6) is -0.308. The number of rotatable bonds is 6. The first-order valence-electron chi connectivity index (χ1n) is 8.15. The van der Waals surface area contributed by atoms with Crippen molar-refractivity contribution < 1.29 is 14.0 Å². The van der Waals surface area contributed by atoms with Crippen molar-refractivity contribution in [2.45, 2.75) is 59.4 Å². The largest absolute Gasteiger partial charge is 0.463 e. The first kappa shape index (κ1) is 19.7. The molecule has 0 heterocycles. The van der Waals surface area contributed by atoms with Crippen LogP contribution < -0.4 is 0 Å². The van der Waals surface area contributed by atoms with E-state index in [9.17, 15) is 4.79 Å². The van der Waals surface area contributed by atoms with E-state index in [0.29, 0.717) is 13.2 Å². The van der Waals surface area contributed by atoms with Gasteiger partial charge in [0.25, 0.3) is 0 Å². The van der Waals surface area contributed by atoms with Crippen LogP contribution in [0.3, 0.4) is 0 Å². The Morgan fingerprint density at radius 3 is 2.43 bits per heavy atom. The van der Waals surface area contributed by atoms with Crippen molar-refractivity contribution in [1.82, 2.24) is 0 Å². The Balaban J connectivity index is 2.75. The summed E-state index contributed by atoms with van der Waals surface area (Å²) in [4.78, 5) is 11.4. The third-order valence-corrected chi connectivity index (χ3v) is 8.90. The lowest BCUT2D eigenvalue weighted by Crippen LogP contribution is -2.40. The molecule has 0 spiro atoms. The molecule has 128 valence electrons. The number of hydrogen-bond donors (Lipinski definition) is 0. The van der Waals surface area contributed by atoms with Crippen LogP contribution in [0.2, 0.25) is 18.1 Å². The van der Waals surface area contributed by atoms with Crippen LogP contribution in [-0.2, 0) is 20.6 Å². The Hall–Kier alpha value is -1.39. The van der Waals surface area contributed by atoms with Crippen molar-refractivity contribution in [2.75, 3.05) is 6.61 Å². The summed E-state index contributed by atoms with van der Waals surface area (Å²) in [5, 5.41) is 0.213. The standard InChI is InChI=1S/C19H30O3Si/c1-8-21-18(20)12-11-17-10-9-16(13-15(17)2)14-22-23(6,7)19(3,4)5/h9-13H,8,14H2,1-7H3/b12-11+. The van der Waals surface area contributed by atoms with Gasteiger partial charge in [0, 0.05) is 6.08 Å². The number of carbonyl (C=O) groups excluding carboxylic acids is 1. The molecule has 0 aliphatic carbocycles. The van der Waals surface area contributed by atoms with Gasteiger partial charge in [0.15, 0.2) is 8.32 Å². The molecular formula is C19H30O3Si. The van der Waals surface area contributed by atoms with E-state index < -0.39 is 8.32 Å². The molecule has 0 N–H and O–H groups in total. The minimum atomic E-state index is -1.73. The number of carbonyl (C=O) groups is 1. The highest BCUT2D eigenvalue weighted by atomic mass is 28.4. The SMILES string of the molecule is CCOC(=O)/C=C/c1ccc(CO[Si](C)(C)C(C)(C)C)cc1C. The van der Waals surface area contributed by atoms with E-state index in [1.165, 1.54) is 11.6 Å². The highest BCUT2D eigenvalue weighted by Gasteiger charge is 2.36. The van der Waals surface area contributed by atoms with E-state index in [2.05, 4.69) is 46.0 Å². The number of benzene rings is 1. The Bertz CT molecular complexity index is 568. The van der Waals surface area contributed by atoms with Gasteiger partial charge in [0.1, 0.15) is 0 Å². The fraction of sp³-hybridized carbons (Fsp3) is 0.526. The molecule has 0 saturated heterocycles. The number of ether oxygens (including phenoxy) is 1. The maximum Gasteiger partial charge on any atom is 0.330 e. The van der Waals surface area contributed by atoms with E-state index in [0.717, 1.165) is 11.1 Å². The van der Waals surface area contributed by atoms with Gasteiger partial charge < -0.3 is 9.16 Å². The molecule has 0 amide bonds. The van der Waals surface area contributed by atoms with Crippen LogP contribution in [-0.4, -0.2) is 20.9 Å². The summed E-state index contributed by atoms with van der Waals surface area (Å²) in [6.45, 7) is 16.1. The van der Waals surface area contributed by atoms with Crippen LogP contribution in [0.25, 0.3) is 6.08 Å². The van der Waals surface area contributed by atoms with Crippen LogP contribution in [0, 0.1) is 6.92 Å². The first-order chi connectivity index (χ1) is 10.6. The van der Waals surface area contributed by atoms with Crippen LogP contribution in [0.15, 0.2) is 24.3 Å². The fourth-order valence-corrected chi connectivity index (χ4v) is 2.80. The highest BCUT2D eigenvalue weighted by Crippen LogP contribution is 2.37. The third kappa shape index (κ3) is 5.96. The Morgan fingerprint density at radius 1 is 1.26 bits per heavy atom. The van der Waals surface area contributed by atoms with Crippen molar-refractivity contribution in [2.24, 2.45) is 0 Å². The van der Waals surface area contributed by atoms with Crippen molar-refractivity contribution in [3.63, 3.8) is 0 Å². The topological polar surface area (TPSA) is 35.5 Å². The first-order valence-corrected chi connectivity index (χ1v) is 11.1. The highest BCUT2D eigenvalue weighted by molar-refractivity contribution is 6.74. The summed E-state index contributed by atoms with van der Waals surface area (Å²) in [7, 11) is -1.73. The lowest BCUT2D eigenvalue weighted by Gasteiger charge is -2.36. The summed E-state index contributed by atoms with van der Waals surface area (Å²) in [6, 6.07) is 6.21. The maximum atomic E-state index is 11.4. The molecule has 1 rings (SSSR count). The normalized spacial score (nSPS) is 12.7. The maximum absolute atomic E-state index is 11.4. The van der Waals surface area contributed by atoms with E-state index in [1.807, 2.05) is 13.0 Å². The Labute approximate surface area is 141 Å². The summed E-state index contributed by atoms with van der Waals surface area (Å²) in [6.07, 6.45) is 3.27. The van der Waals surface area contributed by atoms with Gasteiger partial charge in [0.05, 0.1) is 13.2 Å². The van der Waals surface area contributed by atoms with Crippen LogP contribution >= 0.6 is 0 Å². The molecule has 0 unspecified atom stereocenters. The van der Waals surface area contributed by atoms with Gasteiger partial charge in [-0.15, -0.1) is 0 Å². The zero-order valence-electron chi connectivity index (χ0n) is 15.5. The molecule has 0 fully saturated rings. The van der Waals surface area contributed by atoms with Gasteiger partial charge in [-0.2, -0.15) is 0 Å². The second kappa shape index (κ2) is 7.93. The molecule has 0 aromatic heterocycles. The molecule has 1 aromatic carbocycles. The average Bonchev–Trinajstić information content (AvgIpc) is 2.43. The Morgan fingerprint density at radius 2 is 1.91 bits per heavy atom. The lowest BCUT2D eigenvalue weighted by molar-refractivity contribution is -0.137. The van der Waals surface area contributed by atoms with E-state index in [1.54, 1.807) is 13.0 Å².